The van der Waals surface area contributed by atoms with Gasteiger partial charge in [-0.2, -0.15) is 0 Å². The van der Waals surface area contributed by atoms with E-state index in [1.165, 1.54) is 36.4 Å². The molecular formula is C17H10ClNO4. The van der Waals surface area contributed by atoms with Crippen molar-refractivity contribution in [2.24, 2.45) is 0 Å². The van der Waals surface area contributed by atoms with E-state index in [1.54, 1.807) is 24.3 Å². The van der Waals surface area contributed by atoms with Gasteiger partial charge >= 0.3 is 0 Å². The van der Waals surface area contributed by atoms with E-state index in [2.05, 4.69) is 0 Å². The highest BCUT2D eigenvalue weighted by Gasteiger charge is 2.11. The van der Waals surface area contributed by atoms with Crippen molar-refractivity contribution in [3.63, 3.8) is 0 Å². The maximum absolute atomic E-state index is 11.9. The molecule has 0 saturated carbocycles. The van der Waals surface area contributed by atoms with E-state index in [-0.39, 0.29) is 11.1 Å². The van der Waals surface area contributed by atoms with Crippen LogP contribution in [0.5, 0.6) is 0 Å². The quantitative estimate of drug-likeness (QED) is 0.523. The topological polar surface area (TPSA) is 73.3 Å². The molecule has 0 aliphatic rings. The van der Waals surface area contributed by atoms with Crippen molar-refractivity contribution in [3.8, 4) is 22.6 Å². The van der Waals surface area contributed by atoms with Crippen LogP contribution in [0.3, 0.4) is 0 Å². The molecule has 114 valence electrons. The van der Waals surface area contributed by atoms with E-state index >= 15 is 0 Å². The molecule has 0 fully saturated rings. The molecule has 0 bridgehead atoms. The molecule has 6 heteroatoms. The van der Waals surface area contributed by atoms with E-state index < -0.39 is 4.92 Å². The van der Waals surface area contributed by atoms with Gasteiger partial charge in [0.1, 0.15) is 11.5 Å². The maximum atomic E-state index is 11.9. The van der Waals surface area contributed by atoms with Crippen LogP contribution < -0.4 is 5.43 Å². The van der Waals surface area contributed by atoms with Gasteiger partial charge in [-0.05, 0) is 24.3 Å². The normalized spacial score (nSPS) is 10.5. The van der Waals surface area contributed by atoms with Crippen LogP contribution in [0.25, 0.3) is 22.6 Å². The van der Waals surface area contributed by atoms with Crippen LogP contribution in [0.1, 0.15) is 0 Å². The minimum absolute atomic E-state index is 0.0293. The SMILES string of the molecule is O=c1cc(-c2ccc([N+](=O)[O-])cc2)oc(-c2ccccc2Cl)c1. The lowest BCUT2D eigenvalue weighted by Crippen LogP contribution is -1.99. The number of nitro benzene ring substituents is 1. The Kier molecular flexibility index (Phi) is 3.95. The molecule has 23 heavy (non-hydrogen) atoms. The molecule has 0 amide bonds. The molecule has 0 saturated heterocycles. The Morgan fingerprint density at radius 2 is 1.61 bits per heavy atom. The zero-order valence-electron chi connectivity index (χ0n) is 11.7. The Hall–Kier alpha value is -2.92. The molecule has 3 rings (SSSR count). The molecule has 0 radical (unpaired) electrons. The summed E-state index contributed by atoms with van der Waals surface area (Å²) in [4.78, 5) is 22.1. The van der Waals surface area contributed by atoms with Crippen LogP contribution in [-0.2, 0) is 0 Å². The third kappa shape index (κ3) is 3.14. The van der Waals surface area contributed by atoms with Gasteiger partial charge in [0.2, 0.25) is 0 Å². The fourth-order valence-electron chi connectivity index (χ4n) is 2.16. The Balaban J connectivity index is 2.09. The molecule has 0 spiro atoms. The fraction of sp³-hybridized carbons (Fsp3) is 0. The average molecular weight is 328 g/mol. The molecule has 1 aromatic heterocycles. The number of non-ortho nitro benzene ring substituents is 1. The number of nitro groups is 1. The van der Waals surface area contributed by atoms with Crippen molar-refractivity contribution in [2.75, 3.05) is 0 Å². The monoisotopic (exact) mass is 327 g/mol. The Bertz CT molecular complexity index is 932. The van der Waals surface area contributed by atoms with Gasteiger partial charge in [0, 0.05) is 35.4 Å². The van der Waals surface area contributed by atoms with Gasteiger partial charge in [-0.15, -0.1) is 0 Å². The summed E-state index contributed by atoms with van der Waals surface area (Å²) in [6.45, 7) is 0. The van der Waals surface area contributed by atoms with E-state index in [0.717, 1.165) is 0 Å². The number of rotatable bonds is 3. The summed E-state index contributed by atoms with van der Waals surface area (Å²) in [5, 5.41) is 11.2. The summed E-state index contributed by atoms with van der Waals surface area (Å²) in [5.41, 5.74) is 0.912. The highest BCUT2D eigenvalue weighted by Crippen LogP contribution is 2.30. The van der Waals surface area contributed by atoms with Gasteiger partial charge in [-0.3, -0.25) is 14.9 Å². The van der Waals surface area contributed by atoms with Gasteiger partial charge in [-0.1, -0.05) is 23.7 Å². The number of halogens is 1. The lowest BCUT2D eigenvalue weighted by Gasteiger charge is -2.06. The smallest absolute Gasteiger partial charge is 0.269 e. The van der Waals surface area contributed by atoms with Crippen molar-refractivity contribution in [3.05, 3.63) is 86.0 Å². The largest absolute Gasteiger partial charge is 0.456 e. The van der Waals surface area contributed by atoms with E-state index in [0.29, 0.717) is 27.7 Å². The van der Waals surface area contributed by atoms with Gasteiger partial charge in [0.25, 0.3) is 5.69 Å². The maximum Gasteiger partial charge on any atom is 0.269 e. The Morgan fingerprint density at radius 1 is 0.957 bits per heavy atom. The van der Waals surface area contributed by atoms with Crippen LogP contribution >= 0.6 is 11.6 Å². The number of nitrogens with zero attached hydrogens (tertiary/aromatic N) is 1. The minimum Gasteiger partial charge on any atom is -0.456 e. The van der Waals surface area contributed by atoms with Gasteiger partial charge < -0.3 is 4.42 Å². The first-order chi connectivity index (χ1) is 11.0. The van der Waals surface area contributed by atoms with E-state index in [4.69, 9.17) is 16.0 Å². The number of hydrogen-bond donors (Lipinski definition) is 0. The summed E-state index contributed by atoms with van der Waals surface area (Å²) in [6, 6.07) is 15.5. The Morgan fingerprint density at radius 3 is 2.26 bits per heavy atom. The van der Waals surface area contributed by atoms with Crippen LogP contribution in [-0.4, -0.2) is 4.92 Å². The van der Waals surface area contributed by atoms with Gasteiger partial charge in [0.15, 0.2) is 5.43 Å². The number of hydrogen-bond acceptors (Lipinski definition) is 4. The average Bonchev–Trinajstić information content (AvgIpc) is 2.55. The molecule has 5 nitrogen and oxygen atoms in total. The van der Waals surface area contributed by atoms with Crippen LogP contribution in [0, 0.1) is 10.1 Å². The lowest BCUT2D eigenvalue weighted by molar-refractivity contribution is -0.384. The van der Waals surface area contributed by atoms with Crippen molar-refractivity contribution in [1.82, 2.24) is 0 Å². The van der Waals surface area contributed by atoms with Crippen LogP contribution in [0.4, 0.5) is 5.69 Å². The highest BCUT2D eigenvalue weighted by atomic mass is 35.5. The fourth-order valence-corrected chi connectivity index (χ4v) is 2.39. The molecular weight excluding hydrogens is 318 g/mol. The summed E-state index contributed by atoms with van der Waals surface area (Å²) >= 11 is 6.13. The minimum atomic E-state index is -0.486. The van der Waals surface area contributed by atoms with Gasteiger partial charge in [-0.25, -0.2) is 0 Å². The lowest BCUT2D eigenvalue weighted by atomic mass is 10.1. The van der Waals surface area contributed by atoms with Gasteiger partial charge in [0.05, 0.1) is 9.95 Å². The van der Waals surface area contributed by atoms with E-state index in [9.17, 15) is 14.9 Å². The summed E-state index contributed by atoms with van der Waals surface area (Å²) < 4.78 is 5.76. The van der Waals surface area contributed by atoms with Crippen molar-refractivity contribution in [2.45, 2.75) is 0 Å². The molecule has 0 aliphatic carbocycles. The number of benzene rings is 2. The second-order valence-electron chi connectivity index (χ2n) is 4.81. The Labute approximate surface area is 135 Å². The highest BCUT2D eigenvalue weighted by molar-refractivity contribution is 6.33. The summed E-state index contributed by atoms with van der Waals surface area (Å²) in [7, 11) is 0. The zero-order valence-corrected chi connectivity index (χ0v) is 12.5. The second-order valence-corrected chi connectivity index (χ2v) is 5.21. The molecule has 0 aliphatic heterocycles. The van der Waals surface area contributed by atoms with Crippen molar-refractivity contribution >= 4 is 17.3 Å². The first-order valence-electron chi connectivity index (χ1n) is 6.69. The molecule has 3 aromatic rings. The standard InChI is InChI=1S/C17H10ClNO4/c18-15-4-2-1-3-14(15)17-10-13(20)9-16(23-17)11-5-7-12(8-6-11)19(21)22/h1-10H. The first-order valence-corrected chi connectivity index (χ1v) is 7.07. The summed E-state index contributed by atoms with van der Waals surface area (Å²) in [6.07, 6.45) is 0. The predicted octanol–water partition coefficient (Wildman–Crippen LogP) is 4.54. The van der Waals surface area contributed by atoms with Crippen molar-refractivity contribution in [1.29, 1.82) is 0 Å². The van der Waals surface area contributed by atoms with Crippen LogP contribution in [0.15, 0.2) is 69.9 Å². The third-order valence-electron chi connectivity index (χ3n) is 3.27. The van der Waals surface area contributed by atoms with E-state index in [1.807, 2.05) is 0 Å². The van der Waals surface area contributed by atoms with Crippen LogP contribution in [0.2, 0.25) is 5.02 Å². The zero-order chi connectivity index (χ0) is 16.4. The summed E-state index contributed by atoms with van der Waals surface area (Å²) in [5.74, 6) is 0.666. The van der Waals surface area contributed by atoms with Crippen molar-refractivity contribution < 1.29 is 9.34 Å². The predicted molar refractivity (Wildman–Crippen MR) is 87.5 cm³/mol. The first kappa shape index (κ1) is 15.0. The molecule has 1 heterocycles. The molecule has 2 aromatic carbocycles. The molecule has 0 unspecified atom stereocenters. The third-order valence-corrected chi connectivity index (χ3v) is 3.60. The molecule has 0 N–H and O–H groups in total. The molecule has 0 atom stereocenters. The second kappa shape index (κ2) is 6.06.